The van der Waals surface area contributed by atoms with Crippen molar-refractivity contribution in [3.63, 3.8) is 0 Å². The molecule has 0 radical (unpaired) electrons. The normalized spacial score (nSPS) is 20.0. The molecule has 1 saturated heterocycles. The van der Waals surface area contributed by atoms with Crippen molar-refractivity contribution >= 4 is 30.0 Å². The lowest BCUT2D eigenvalue weighted by molar-refractivity contribution is -0.152. The molecule has 166 valence electrons. The first-order valence-corrected chi connectivity index (χ1v) is 10.7. The van der Waals surface area contributed by atoms with Gasteiger partial charge < -0.3 is 14.8 Å². The number of tetrazole rings is 1. The molecule has 0 aliphatic carbocycles. The standard InChI is InChI=1S/C20H20N6O5S/c1-30-15-6-4-13(5-7-15)9-31-20(29)17-14(3-2-8-25-11-22-23-24-25)10-32-19-16(21-12-27)18(28)26(17)19/h2-7,11-12,16,19H,8-10H2,1H3,(H,21,27)/t16?,19-/m1/s1. The van der Waals surface area contributed by atoms with Crippen molar-refractivity contribution in [2.45, 2.75) is 24.6 Å². The van der Waals surface area contributed by atoms with Gasteiger partial charge in [-0.2, -0.15) is 0 Å². The van der Waals surface area contributed by atoms with E-state index in [1.54, 1.807) is 43.5 Å². The van der Waals surface area contributed by atoms with Gasteiger partial charge in [-0.15, -0.1) is 16.9 Å². The van der Waals surface area contributed by atoms with Gasteiger partial charge in [0.25, 0.3) is 5.91 Å². The molecule has 1 fully saturated rings. The molecule has 4 rings (SSSR count). The molecule has 2 amide bonds. The van der Waals surface area contributed by atoms with E-state index in [0.717, 1.165) is 5.56 Å². The predicted molar refractivity (Wildman–Crippen MR) is 113 cm³/mol. The number of allylic oxidation sites excluding steroid dienone is 2. The molecule has 1 aromatic heterocycles. The number of carbonyl (C=O) groups excluding carboxylic acids is 3. The van der Waals surface area contributed by atoms with Crippen LogP contribution in [0.2, 0.25) is 0 Å². The molecule has 32 heavy (non-hydrogen) atoms. The predicted octanol–water partition coefficient (Wildman–Crippen LogP) is 0.265. The number of nitrogens with one attached hydrogen (secondary N) is 1. The van der Waals surface area contributed by atoms with Crippen LogP contribution < -0.4 is 10.1 Å². The van der Waals surface area contributed by atoms with Gasteiger partial charge in [0.2, 0.25) is 6.41 Å². The maximum absolute atomic E-state index is 13.0. The molecular weight excluding hydrogens is 436 g/mol. The second-order valence-corrected chi connectivity index (χ2v) is 8.01. The topological polar surface area (TPSA) is 129 Å². The quantitative estimate of drug-likeness (QED) is 0.321. The number of rotatable bonds is 9. The Balaban J connectivity index is 1.53. The summed E-state index contributed by atoms with van der Waals surface area (Å²) in [6.45, 7) is 0.450. The number of amides is 2. The number of fused-ring (bicyclic) bond motifs is 1. The van der Waals surface area contributed by atoms with Gasteiger partial charge >= 0.3 is 5.97 Å². The van der Waals surface area contributed by atoms with Crippen molar-refractivity contribution in [1.82, 2.24) is 30.4 Å². The van der Waals surface area contributed by atoms with Crippen molar-refractivity contribution in [2.75, 3.05) is 12.9 Å². The molecule has 2 aliphatic heterocycles. The van der Waals surface area contributed by atoms with E-state index in [0.29, 0.717) is 30.0 Å². The minimum Gasteiger partial charge on any atom is -0.497 e. The Morgan fingerprint density at radius 3 is 2.84 bits per heavy atom. The highest BCUT2D eigenvalue weighted by molar-refractivity contribution is 8.00. The van der Waals surface area contributed by atoms with Crippen molar-refractivity contribution in [2.24, 2.45) is 0 Å². The number of aromatic nitrogens is 4. The summed E-state index contributed by atoms with van der Waals surface area (Å²) in [6, 6.07) is 6.49. The average molecular weight is 456 g/mol. The van der Waals surface area contributed by atoms with Gasteiger partial charge in [-0.1, -0.05) is 24.3 Å². The third-order valence-corrected chi connectivity index (χ3v) is 6.27. The Hall–Kier alpha value is -3.67. The van der Waals surface area contributed by atoms with Crippen LogP contribution >= 0.6 is 11.8 Å². The number of esters is 1. The smallest absolute Gasteiger partial charge is 0.355 e. The minimum atomic E-state index is -0.659. The highest BCUT2D eigenvalue weighted by Gasteiger charge is 2.53. The highest BCUT2D eigenvalue weighted by Crippen LogP contribution is 2.41. The van der Waals surface area contributed by atoms with E-state index in [1.807, 2.05) is 0 Å². The average Bonchev–Trinajstić information content (AvgIpc) is 3.34. The number of methoxy groups -OCH3 is 1. The fourth-order valence-corrected chi connectivity index (χ4v) is 4.69. The summed E-state index contributed by atoms with van der Waals surface area (Å²) in [4.78, 5) is 37.9. The monoisotopic (exact) mass is 456 g/mol. The van der Waals surface area contributed by atoms with Crippen molar-refractivity contribution < 1.29 is 23.9 Å². The fourth-order valence-electron chi connectivity index (χ4n) is 3.36. The van der Waals surface area contributed by atoms with E-state index in [2.05, 4.69) is 20.8 Å². The summed E-state index contributed by atoms with van der Waals surface area (Å²) in [6.07, 6.45) is 5.54. The molecule has 12 heteroatoms. The van der Waals surface area contributed by atoms with Gasteiger partial charge in [0.15, 0.2) is 0 Å². The van der Waals surface area contributed by atoms with Crippen LogP contribution in [0.4, 0.5) is 0 Å². The fraction of sp³-hybridized carbons (Fsp3) is 0.300. The zero-order valence-corrected chi connectivity index (χ0v) is 17.9. The van der Waals surface area contributed by atoms with Crippen LogP contribution in [0.15, 0.2) is 54.0 Å². The third-order valence-electron chi connectivity index (χ3n) is 4.97. The van der Waals surface area contributed by atoms with Crippen LogP contribution in [0.3, 0.4) is 0 Å². The molecule has 0 bridgehead atoms. The van der Waals surface area contributed by atoms with Crippen LogP contribution in [-0.2, 0) is 32.3 Å². The van der Waals surface area contributed by atoms with E-state index in [4.69, 9.17) is 9.47 Å². The molecule has 0 spiro atoms. The zero-order chi connectivity index (χ0) is 22.5. The van der Waals surface area contributed by atoms with Gasteiger partial charge in [0.1, 0.15) is 35.8 Å². The Bertz CT molecular complexity index is 1050. The van der Waals surface area contributed by atoms with Gasteiger partial charge in [-0.05, 0) is 33.7 Å². The van der Waals surface area contributed by atoms with Crippen LogP contribution in [0.25, 0.3) is 0 Å². The molecule has 1 unspecified atom stereocenters. The highest BCUT2D eigenvalue weighted by atomic mass is 32.2. The molecule has 11 nitrogen and oxygen atoms in total. The summed E-state index contributed by atoms with van der Waals surface area (Å²) < 4.78 is 12.2. The van der Waals surface area contributed by atoms with Crippen LogP contribution in [0.5, 0.6) is 5.75 Å². The lowest BCUT2D eigenvalue weighted by atomic mass is 10.0. The number of nitrogens with zero attached hydrogens (tertiary/aromatic N) is 5. The lowest BCUT2D eigenvalue weighted by Crippen LogP contribution is -2.69. The first-order valence-electron chi connectivity index (χ1n) is 9.67. The van der Waals surface area contributed by atoms with E-state index < -0.39 is 12.0 Å². The molecule has 1 aromatic carbocycles. The van der Waals surface area contributed by atoms with Gasteiger partial charge in [-0.25, -0.2) is 9.48 Å². The number of benzene rings is 1. The molecule has 2 aromatic rings. The second kappa shape index (κ2) is 9.64. The number of hydrogen-bond donors (Lipinski definition) is 1. The Kier molecular flexibility index (Phi) is 6.50. The van der Waals surface area contributed by atoms with Gasteiger partial charge in [0, 0.05) is 5.75 Å². The number of hydrogen-bond acceptors (Lipinski definition) is 9. The SMILES string of the molecule is COc1ccc(COC(=O)C2=C(C=CCn3cnnn3)CS[C@@H]3C(NC=O)C(=O)N23)cc1. The van der Waals surface area contributed by atoms with Crippen molar-refractivity contribution in [3.8, 4) is 5.75 Å². The summed E-state index contributed by atoms with van der Waals surface area (Å²) in [5, 5.41) is 13.1. The minimum absolute atomic E-state index is 0.0454. The van der Waals surface area contributed by atoms with E-state index in [-0.39, 0.29) is 23.6 Å². The van der Waals surface area contributed by atoms with Crippen molar-refractivity contribution in [1.29, 1.82) is 0 Å². The van der Waals surface area contributed by atoms with Crippen molar-refractivity contribution in [3.05, 3.63) is 59.6 Å². The third kappa shape index (κ3) is 4.35. The molecule has 2 atom stereocenters. The lowest BCUT2D eigenvalue weighted by Gasteiger charge is -2.49. The number of β-lactam (4-membered cyclic amide) rings is 1. The zero-order valence-electron chi connectivity index (χ0n) is 17.1. The summed E-state index contributed by atoms with van der Waals surface area (Å²) in [5.41, 5.74) is 1.62. The van der Waals surface area contributed by atoms with Crippen LogP contribution in [0, 0.1) is 0 Å². The molecule has 1 N–H and O–H groups in total. The Morgan fingerprint density at radius 1 is 1.34 bits per heavy atom. The Labute approximate surface area is 187 Å². The van der Waals surface area contributed by atoms with Gasteiger partial charge in [0.05, 0.1) is 13.7 Å². The largest absolute Gasteiger partial charge is 0.497 e. The number of ether oxygens (including phenoxy) is 2. The summed E-state index contributed by atoms with van der Waals surface area (Å²) in [5.74, 6) is 0.220. The second-order valence-electron chi connectivity index (χ2n) is 6.90. The first-order chi connectivity index (χ1) is 15.6. The number of thioether (sulfide) groups is 1. The van der Waals surface area contributed by atoms with E-state index in [1.165, 1.54) is 27.7 Å². The van der Waals surface area contributed by atoms with E-state index in [9.17, 15) is 14.4 Å². The Morgan fingerprint density at radius 2 is 2.16 bits per heavy atom. The molecule has 0 saturated carbocycles. The molecular formula is C20H20N6O5S. The maximum Gasteiger partial charge on any atom is 0.355 e. The first kappa shape index (κ1) is 21.6. The maximum atomic E-state index is 13.0. The van der Waals surface area contributed by atoms with E-state index >= 15 is 0 Å². The van der Waals surface area contributed by atoms with Crippen LogP contribution in [-0.4, -0.2) is 67.7 Å². The van der Waals surface area contributed by atoms with Crippen LogP contribution in [0.1, 0.15) is 5.56 Å². The molecule has 2 aliphatic rings. The summed E-state index contributed by atoms with van der Waals surface area (Å²) >= 11 is 1.47. The summed E-state index contributed by atoms with van der Waals surface area (Å²) in [7, 11) is 1.57. The number of carbonyl (C=O) groups is 3. The van der Waals surface area contributed by atoms with Gasteiger partial charge in [-0.3, -0.25) is 14.5 Å². The molecule has 3 heterocycles.